The molecule has 0 aromatic rings. The van der Waals surface area contributed by atoms with Crippen LogP contribution in [-0.2, 0) is 4.79 Å². The van der Waals surface area contributed by atoms with Crippen LogP contribution < -0.4 is 11.1 Å². The fraction of sp³-hybridized carbons (Fsp3) is 0.333. The van der Waals surface area contributed by atoms with E-state index in [9.17, 15) is 4.79 Å². The van der Waals surface area contributed by atoms with Gasteiger partial charge in [0.1, 0.15) is 5.71 Å². The Labute approximate surface area is 115 Å². The van der Waals surface area contributed by atoms with Gasteiger partial charge in [0.25, 0.3) is 5.91 Å². The maximum absolute atomic E-state index is 11.9. The molecule has 0 saturated carbocycles. The van der Waals surface area contributed by atoms with Gasteiger partial charge in [0.2, 0.25) is 0 Å². The van der Waals surface area contributed by atoms with Gasteiger partial charge in [-0.3, -0.25) is 4.79 Å². The Morgan fingerprint density at radius 3 is 2.53 bits per heavy atom. The molecule has 0 atom stereocenters. The highest BCUT2D eigenvalue weighted by Crippen LogP contribution is 2.08. The predicted octanol–water partition coefficient (Wildman–Crippen LogP) is 2.11. The summed E-state index contributed by atoms with van der Waals surface area (Å²) in [5.74, 6) is -0.241. The van der Waals surface area contributed by atoms with Crippen molar-refractivity contribution in [2.45, 2.75) is 20.3 Å². The van der Waals surface area contributed by atoms with Crippen molar-refractivity contribution in [2.75, 3.05) is 13.1 Å². The highest BCUT2D eigenvalue weighted by atomic mass is 16.1. The minimum Gasteiger partial charge on any atom is -0.351 e. The average molecular weight is 261 g/mol. The Balaban J connectivity index is 4.99. The average Bonchev–Trinajstić information content (AvgIpc) is 2.38. The van der Waals surface area contributed by atoms with E-state index >= 15 is 0 Å². The van der Waals surface area contributed by atoms with Crippen LogP contribution in [0.2, 0.25) is 0 Å². The maximum atomic E-state index is 11.9. The number of hydrogen-bond donors (Lipinski definition) is 2. The fourth-order valence-corrected chi connectivity index (χ4v) is 1.19. The SMILES string of the molecule is C=C/C=C\C(N=C(C=C)C(=O)NCCCN)=C(C)C. The normalized spacial score (nSPS) is 11.2. The number of carbonyl (C=O) groups excluding carboxylic acids is 1. The summed E-state index contributed by atoms with van der Waals surface area (Å²) in [6, 6.07) is 0. The summed E-state index contributed by atoms with van der Waals surface area (Å²) < 4.78 is 0. The minimum absolute atomic E-state index is 0.241. The minimum atomic E-state index is -0.241. The van der Waals surface area contributed by atoms with E-state index in [1.54, 1.807) is 18.2 Å². The standard InChI is InChI=1S/C15H23N3O/c1-5-7-9-14(12(3)4)18-13(6-2)15(19)17-11-8-10-16/h5-7,9H,1-2,8,10-11,16H2,3-4H3,(H,17,19)/b9-7-,18-13?. The van der Waals surface area contributed by atoms with Crippen molar-refractivity contribution in [2.24, 2.45) is 10.7 Å². The van der Waals surface area contributed by atoms with Crippen molar-refractivity contribution >= 4 is 11.6 Å². The number of hydrogen-bond acceptors (Lipinski definition) is 3. The van der Waals surface area contributed by atoms with E-state index in [2.05, 4.69) is 23.5 Å². The van der Waals surface area contributed by atoms with E-state index in [1.807, 2.05) is 13.8 Å². The van der Waals surface area contributed by atoms with E-state index < -0.39 is 0 Å². The number of rotatable bonds is 8. The third kappa shape index (κ3) is 7.16. The molecule has 19 heavy (non-hydrogen) atoms. The highest BCUT2D eigenvalue weighted by Gasteiger charge is 2.07. The highest BCUT2D eigenvalue weighted by molar-refractivity contribution is 6.43. The summed E-state index contributed by atoms with van der Waals surface area (Å²) in [5, 5.41) is 2.75. The van der Waals surface area contributed by atoms with E-state index in [0.717, 1.165) is 17.7 Å². The molecule has 3 N–H and O–H groups in total. The fourth-order valence-electron chi connectivity index (χ4n) is 1.19. The molecule has 4 nitrogen and oxygen atoms in total. The molecule has 0 aliphatic rings. The summed E-state index contributed by atoms with van der Waals surface area (Å²) in [7, 11) is 0. The van der Waals surface area contributed by atoms with Gasteiger partial charge in [-0.2, -0.15) is 0 Å². The second-order valence-corrected chi connectivity index (χ2v) is 4.08. The van der Waals surface area contributed by atoms with Crippen molar-refractivity contribution in [3.05, 3.63) is 48.7 Å². The van der Waals surface area contributed by atoms with Crippen LogP contribution in [0.4, 0.5) is 0 Å². The molecule has 0 aromatic carbocycles. The van der Waals surface area contributed by atoms with Gasteiger partial charge in [0.15, 0.2) is 0 Å². The van der Waals surface area contributed by atoms with Gasteiger partial charge < -0.3 is 11.1 Å². The number of aliphatic imine (C=N–C) groups is 1. The number of allylic oxidation sites excluding steroid dienone is 4. The molecule has 0 aromatic heterocycles. The van der Waals surface area contributed by atoms with Gasteiger partial charge in [-0.15, -0.1) is 0 Å². The summed E-state index contributed by atoms with van der Waals surface area (Å²) in [6.07, 6.45) is 7.43. The molecule has 0 heterocycles. The summed E-state index contributed by atoms with van der Waals surface area (Å²) >= 11 is 0. The van der Waals surface area contributed by atoms with E-state index in [1.165, 1.54) is 6.08 Å². The molecule has 0 bridgehead atoms. The number of nitrogens with one attached hydrogen (secondary N) is 1. The third-order valence-electron chi connectivity index (χ3n) is 2.24. The molecular weight excluding hydrogens is 238 g/mol. The summed E-state index contributed by atoms with van der Waals surface area (Å²) in [4.78, 5) is 16.2. The van der Waals surface area contributed by atoms with Crippen LogP contribution in [0.3, 0.4) is 0 Å². The second-order valence-electron chi connectivity index (χ2n) is 4.08. The molecule has 0 fully saturated rings. The predicted molar refractivity (Wildman–Crippen MR) is 82.0 cm³/mol. The number of amides is 1. The number of carbonyl (C=O) groups is 1. The van der Waals surface area contributed by atoms with Crippen LogP contribution in [0.1, 0.15) is 20.3 Å². The lowest BCUT2D eigenvalue weighted by atomic mass is 10.2. The Hall–Kier alpha value is -1.94. The van der Waals surface area contributed by atoms with E-state index in [0.29, 0.717) is 18.8 Å². The molecule has 0 saturated heterocycles. The first-order chi connectivity index (χ1) is 9.06. The molecule has 0 unspecified atom stereocenters. The first-order valence-corrected chi connectivity index (χ1v) is 6.22. The zero-order valence-corrected chi connectivity index (χ0v) is 11.8. The van der Waals surface area contributed by atoms with Crippen molar-refractivity contribution in [3.8, 4) is 0 Å². The Morgan fingerprint density at radius 2 is 2.05 bits per heavy atom. The molecule has 104 valence electrons. The quantitative estimate of drug-likeness (QED) is 0.399. The van der Waals surface area contributed by atoms with Gasteiger partial charge in [-0.1, -0.05) is 30.9 Å². The van der Waals surface area contributed by atoms with Gasteiger partial charge in [0, 0.05) is 6.54 Å². The maximum Gasteiger partial charge on any atom is 0.269 e. The molecule has 1 amide bonds. The van der Waals surface area contributed by atoms with Crippen LogP contribution in [0.25, 0.3) is 0 Å². The van der Waals surface area contributed by atoms with E-state index in [4.69, 9.17) is 5.73 Å². The lowest BCUT2D eigenvalue weighted by Crippen LogP contribution is -2.31. The summed E-state index contributed by atoms with van der Waals surface area (Å²) in [5.41, 5.74) is 7.40. The Kier molecular flexibility index (Phi) is 9.00. The Morgan fingerprint density at radius 1 is 1.37 bits per heavy atom. The smallest absolute Gasteiger partial charge is 0.269 e. The molecule has 0 aliphatic heterocycles. The molecule has 4 heteroatoms. The molecule has 0 spiro atoms. The number of nitrogens with two attached hydrogens (primary N) is 1. The molecule has 0 radical (unpaired) electrons. The Bertz CT molecular complexity index is 413. The van der Waals surface area contributed by atoms with Gasteiger partial charge >= 0.3 is 0 Å². The molecule has 0 aliphatic carbocycles. The molecular formula is C15H23N3O. The summed E-state index contributed by atoms with van der Waals surface area (Å²) in [6.45, 7) is 12.2. The van der Waals surface area contributed by atoms with Crippen molar-refractivity contribution < 1.29 is 4.79 Å². The number of nitrogens with zero attached hydrogens (tertiary/aromatic N) is 1. The second kappa shape index (κ2) is 10.0. The molecule has 0 rings (SSSR count). The van der Waals surface area contributed by atoms with Gasteiger partial charge in [0.05, 0.1) is 5.70 Å². The van der Waals surface area contributed by atoms with Crippen LogP contribution in [0, 0.1) is 0 Å². The topological polar surface area (TPSA) is 67.5 Å². The zero-order chi connectivity index (χ0) is 14.7. The van der Waals surface area contributed by atoms with Gasteiger partial charge in [-0.05, 0) is 39.0 Å². The lowest BCUT2D eigenvalue weighted by molar-refractivity contribution is -0.114. The van der Waals surface area contributed by atoms with Gasteiger partial charge in [-0.25, -0.2) is 4.99 Å². The van der Waals surface area contributed by atoms with Crippen molar-refractivity contribution in [1.29, 1.82) is 0 Å². The monoisotopic (exact) mass is 261 g/mol. The largest absolute Gasteiger partial charge is 0.351 e. The van der Waals surface area contributed by atoms with Crippen molar-refractivity contribution in [1.82, 2.24) is 5.32 Å². The zero-order valence-electron chi connectivity index (χ0n) is 11.8. The first kappa shape index (κ1) is 17.1. The third-order valence-corrected chi connectivity index (χ3v) is 2.24. The lowest BCUT2D eigenvalue weighted by Gasteiger charge is -2.05. The van der Waals surface area contributed by atoms with Crippen LogP contribution in [0.5, 0.6) is 0 Å². The van der Waals surface area contributed by atoms with Crippen molar-refractivity contribution in [3.63, 3.8) is 0 Å². The van der Waals surface area contributed by atoms with Crippen LogP contribution in [-0.4, -0.2) is 24.7 Å². The van der Waals surface area contributed by atoms with Crippen LogP contribution in [0.15, 0.2) is 53.7 Å². The first-order valence-electron chi connectivity index (χ1n) is 6.22. The van der Waals surface area contributed by atoms with E-state index in [-0.39, 0.29) is 5.91 Å². The van der Waals surface area contributed by atoms with Crippen LogP contribution >= 0.6 is 0 Å².